The van der Waals surface area contributed by atoms with Crippen molar-refractivity contribution in [2.75, 3.05) is 6.54 Å². The number of hydrogen-bond acceptors (Lipinski definition) is 4. The van der Waals surface area contributed by atoms with E-state index in [4.69, 9.17) is 17.3 Å². The van der Waals surface area contributed by atoms with E-state index in [0.717, 1.165) is 0 Å². The average Bonchev–Trinajstić information content (AvgIpc) is 2.24. The Labute approximate surface area is 85.3 Å². The molecule has 0 radical (unpaired) electrons. The highest BCUT2D eigenvalue weighted by molar-refractivity contribution is 8.24. The van der Waals surface area contributed by atoms with Gasteiger partial charge in [-0.2, -0.15) is 0 Å². The van der Waals surface area contributed by atoms with E-state index in [-0.39, 0.29) is 24.1 Å². The van der Waals surface area contributed by atoms with Crippen LogP contribution in [-0.4, -0.2) is 38.0 Å². The van der Waals surface area contributed by atoms with E-state index in [1.165, 1.54) is 16.7 Å². The molecule has 1 aliphatic heterocycles. The summed E-state index contributed by atoms with van der Waals surface area (Å²) < 4.78 is 0.485. The Hall–Kier alpha value is -0.620. The highest BCUT2D eigenvalue weighted by Gasteiger charge is 2.33. The van der Waals surface area contributed by atoms with Crippen molar-refractivity contribution in [1.29, 1.82) is 0 Å². The minimum atomic E-state index is -0.917. The molecule has 0 saturated carbocycles. The lowest BCUT2D eigenvalue weighted by molar-refractivity contribution is -0.137. The number of thioether (sulfide) groups is 1. The molecule has 1 fully saturated rings. The topological polar surface area (TPSA) is 57.6 Å². The number of nitrogens with zero attached hydrogens (tertiary/aromatic N) is 1. The van der Waals surface area contributed by atoms with E-state index in [9.17, 15) is 9.59 Å². The second-order valence-corrected chi connectivity index (χ2v) is 4.63. The molecule has 1 N–H and O–H groups in total. The molecule has 1 aliphatic rings. The Balaban J connectivity index is 2.54. The molecule has 1 amide bonds. The van der Waals surface area contributed by atoms with Crippen molar-refractivity contribution < 1.29 is 14.7 Å². The molecule has 0 aromatic rings. The van der Waals surface area contributed by atoms with Crippen molar-refractivity contribution in [3.05, 3.63) is 0 Å². The minimum Gasteiger partial charge on any atom is -0.481 e. The normalized spacial score (nSPS) is 22.5. The van der Waals surface area contributed by atoms with Crippen LogP contribution in [0.2, 0.25) is 0 Å². The van der Waals surface area contributed by atoms with Crippen LogP contribution >= 0.6 is 24.0 Å². The molecular weight excluding hydrogens is 210 g/mol. The van der Waals surface area contributed by atoms with Gasteiger partial charge < -0.3 is 5.11 Å². The van der Waals surface area contributed by atoms with Crippen LogP contribution in [0.3, 0.4) is 0 Å². The number of amides is 1. The first-order chi connectivity index (χ1) is 6.02. The number of carbonyl (C=O) groups is 2. The summed E-state index contributed by atoms with van der Waals surface area (Å²) in [6.45, 7) is 1.95. The van der Waals surface area contributed by atoms with Crippen molar-refractivity contribution in [2.45, 2.75) is 18.6 Å². The van der Waals surface area contributed by atoms with Crippen LogP contribution in [0.1, 0.15) is 13.3 Å². The zero-order valence-electron chi connectivity index (χ0n) is 7.02. The van der Waals surface area contributed by atoms with E-state index >= 15 is 0 Å². The SMILES string of the molecule is CC1SC(=S)N(CCC(=O)O)C1=O. The Morgan fingerprint density at radius 1 is 1.77 bits per heavy atom. The number of carbonyl (C=O) groups excluding carboxylic acids is 1. The standard InChI is InChI=1S/C7H9NO3S2/c1-4-6(11)8(7(12)13-4)3-2-5(9)10/h4H,2-3H2,1H3,(H,9,10). The van der Waals surface area contributed by atoms with Gasteiger partial charge in [-0.25, -0.2) is 0 Å². The Bertz CT molecular complexity index is 266. The lowest BCUT2D eigenvalue weighted by atomic mass is 10.3. The van der Waals surface area contributed by atoms with E-state index in [2.05, 4.69) is 0 Å². The third-order valence-electron chi connectivity index (χ3n) is 1.66. The Kier molecular flexibility index (Phi) is 3.27. The van der Waals surface area contributed by atoms with Gasteiger partial charge in [-0.15, -0.1) is 0 Å². The molecule has 0 spiro atoms. The predicted octanol–water partition coefficient (Wildman–Crippen LogP) is 0.710. The summed E-state index contributed by atoms with van der Waals surface area (Å²) >= 11 is 6.22. The highest BCUT2D eigenvalue weighted by Crippen LogP contribution is 2.26. The third kappa shape index (κ3) is 2.41. The number of carboxylic acids is 1. The molecule has 0 aromatic heterocycles. The fourth-order valence-electron chi connectivity index (χ4n) is 0.984. The predicted molar refractivity (Wildman–Crippen MR) is 53.6 cm³/mol. The fraction of sp³-hybridized carbons (Fsp3) is 0.571. The molecule has 1 heterocycles. The first-order valence-electron chi connectivity index (χ1n) is 3.76. The fourth-order valence-corrected chi connectivity index (χ4v) is 2.44. The smallest absolute Gasteiger partial charge is 0.305 e. The van der Waals surface area contributed by atoms with Gasteiger partial charge in [0, 0.05) is 6.54 Å². The van der Waals surface area contributed by atoms with E-state index < -0.39 is 5.97 Å². The van der Waals surface area contributed by atoms with Crippen LogP contribution < -0.4 is 0 Å². The molecule has 13 heavy (non-hydrogen) atoms. The van der Waals surface area contributed by atoms with Gasteiger partial charge in [0.15, 0.2) is 0 Å². The summed E-state index contributed by atoms with van der Waals surface area (Å²) in [6, 6.07) is 0. The van der Waals surface area contributed by atoms with Gasteiger partial charge in [0.2, 0.25) is 5.91 Å². The molecule has 6 heteroatoms. The van der Waals surface area contributed by atoms with Crippen LogP contribution in [0.15, 0.2) is 0 Å². The summed E-state index contributed by atoms with van der Waals surface area (Å²) in [6.07, 6.45) is -0.0564. The summed E-state index contributed by atoms with van der Waals surface area (Å²) in [4.78, 5) is 23.0. The maximum absolute atomic E-state index is 11.4. The largest absolute Gasteiger partial charge is 0.481 e. The summed E-state index contributed by atoms with van der Waals surface area (Å²) in [5, 5.41) is 8.26. The van der Waals surface area contributed by atoms with Crippen LogP contribution in [-0.2, 0) is 9.59 Å². The van der Waals surface area contributed by atoms with Crippen LogP contribution in [0.4, 0.5) is 0 Å². The van der Waals surface area contributed by atoms with Crippen molar-refractivity contribution in [1.82, 2.24) is 4.90 Å². The maximum atomic E-state index is 11.4. The number of carboxylic acid groups (broad SMARTS) is 1. The van der Waals surface area contributed by atoms with Crippen molar-refractivity contribution in [2.24, 2.45) is 0 Å². The second kappa shape index (κ2) is 4.06. The maximum Gasteiger partial charge on any atom is 0.305 e. The van der Waals surface area contributed by atoms with Crippen LogP contribution in [0, 0.1) is 0 Å². The van der Waals surface area contributed by atoms with Gasteiger partial charge >= 0.3 is 5.97 Å². The van der Waals surface area contributed by atoms with Gasteiger partial charge in [0.1, 0.15) is 4.32 Å². The summed E-state index contributed by atoms with van der Waals surface area (Å²) in [5.41, 5.74) is 0. The zero-order chi connectivity index (χ0) is 10.0. The van der Waals surface area contributed by atoms with E-state index in [1.807, 2.05) is 0 Å². The second-order valence-electron chi connectivity index (χ2n) is 2.66. The zero-order valence-corrected chi connectivity index (χ0v) is 8.65. The first-order valence-corrected chi connectivity index (χ1v) is 5.05. The van der Waals surface area contributed by atoms with Gasteiger partial charge in [-0.05, 0) is 6.92 Å². The number of thiocarbonyl (C=S) groups is 1. The Morgan fingerprint density at radius 2 is 2.38 bits per heavy atom. The van der Waals surface area contributed by atoms with Gasteiger partial charge in [-0.3, -0.25) is 14.5 Å². The number of aliphatic carboxylic acids is 1. The number of rotatable bonds is 3. The lowest BCUT2D eigenvalue weighted by Gasteiger charge is -2.12. The molecule has 1 atom stereocenters. The van der Waals surface area contributed by atoms with Gasteiger partial charge in [-0.1, -0.05) is 24.0 Å². The lowest BCUT2D eigenvalue weighted by Crippen LogP contribution is -2.32. The van der Waals surface area contributed by atoms with E-state index in [0.29, 0.717) is 4.32 Å². The molecule has 1 rings (SSSR count). The molecule has 1 saturated heterocycles. The van der Waals surface area contributed by atoms with Crippen LogP contribution in [0.25, 0.3) is 0 Å². The highest BCUT2D eigenvalue weighted by atomic mass is 32.2. The first kappa shape index (κ1) is 10.5. The van der Waals surface area contributed by atoms with Crippen molar-refractivity contribution in [3.8, 4) is 0 Å². The molecule has 1 unspecified atom stereocenters. The van der Waals surface area contributed by atoms with Crippen molar-refractivity contribution in [3.63, 3.8) is 0 Å². The molecule has 0 bridgehead atoms. The quantitative estimate of drug-likeness (QED) is 0.708. The molecule has 0 aliphatic carbocycles. The molecule has 4 nitrogen and oxygen atoms in total. The molecular formula is C7H9NO3S2. The molecule has 0 aromatic carbocycles. The molecule has 72 valence electrons. The minimum absolute atomic E-state index is 0.0564. The van der Waals surface area contributed by atoms with Crippen molar-refractivity contribution >= 4 is 40.2 Å². The van der Waals surface area contributed by atoms with Gasteiger partial charge in [0.05, 0.1) is 11.7 Å². The van der Waals surface area contributed by atoms with Gasteiger partial charge in [0.25, 0.3) is 0 Å². The van der Waals surface area contributed by atoms with E-state index in [1.54, 1.807) is 6.92 Å². The summed E-state index contributed by atoms with van der Waals surface area (Å²) in [5.74, 6) is -1.00. The number of hydrogen-bond donors (Lipinski definition) is 1. The summed E-state index contributed by atoms with van der Waals surface area (Å²) in [7, 11) is 0. The van der Waals surface area contributed by atoms with Crippen LogP contribution in [0.5, 0.6) is 0 Å². The monoisotopic (exact) mass is 219 g/mol. The Morgan fingerprint density at radius 3 is 2.77 bits per heavy atom. The average molecular weight is 219 g/mol. The third-order valence-corrected chi connectivity index (χ3v) is 3.15.